The van der Waals surface area contributed by atoms with Crippen molar-refractivity contribution in [3.05, 3.63) is 30.3 Å². The lowest BCUT2D eigenvalue weighted by molar-refractivity contribution is 0.343. The Morgan fingerprint density at radius 2 is 1.94 bits per heavy atom. The largest absolute Gasteiger partial charge is 0.369 e. The minimum atomic E-state index is 0.766. The van der Waals surface area contributed by atoms with Gasteiger partial charge in [0.1, 0.15) is 0 Å². The van der Waals surface area contributed by atoms with Crippen molar-refractivity contribution in [3.63, 3.8) is 0 Å². The molecule has 2 unspecified atom stereocenters. The van der Waals surface area contributed by atoms with Crippen LogP contribution in [-0.4, -0.2) is 12.6 Å². The van der Waals surface area contributed by atoms with E-state index < -0.39 is 0 Å². The molecular weight excluding hydrogens is 218 g/mol. The van der Waals surface area contributed by atoms with Crippen molar-refractivity contribution in [3.8, 4) is 0 Å². The van der Waals surface area contributed by atoms with Gasteiger partial charge in [-0.05, 0) is 37.3 Å². The molecule has 2 rings (SSSR count). The lowest BCUT2D eigenvalue weighted by Gasteiger charge is -2.40. The Labute approximate surface area is 112 Å². The molecule has 0 amide bonds. The van der Waals surface area contributed by atoms with Gasteiger partial charge in [0.05, 0.1) is 0 Å². The first-order valence-electron chi connectivity index (χ1n) is 7.63. The molecule has 0 radical (unpaired) electrons. The molecule has 1 saturated heterocycles. The van der Waals surface area contributed by atoms with Crippen molar-refractivity contribution in [1.82, 2.24) is 0 Å². The first-order valence-corrected chi connectivity index (χ1v) is 7.63. The van der Waals surface area contributed by atoms with Crippen LogP contribution >= 0.6 is 0 Å². The third-order valence-corrected chi connectivity index (χ3v) is 4.21. The maximum atomic E-state index is 2.65. The van der Waals surface area contributed by atoms with Gasteiger partial charge in [0, 0.05) is 18.3 Å². The molecule has 100 valence electrons. The molecule has 1 aliphatic rings. The van der Waals surface area contributed by atoms with Crippen LogP contribution in [0.3, 0.4) is 0 Å². The number of piperidine rings is 1. The summed E-state index contributed by atoms with van der Waals surface area (Å²) in [6, 6.07) is 11.7. The van der Waals surface area contributed by atoms with Gasteiger partial charge >= 0.3 is 0 Å². The molecule has 1 heterocycles. The lowest BCUT2D eigenvalue weighted by atomic mass is 9.89. The molecule has 1 heteroatoms. The average molecular weight is 245 g/mol. The van der Waals surface area contributed by atoms with Crippen molar-refractivity contribution >= 4 is 5.69 Å². The molecule has 18 heavy (non-hydrogen) atoms. The molecule has 0 aromatic heterocycles. The van der Waals surface area contributed by atoms with Crippen LogP contribution in [0.4, 0.5) is 5.69 Å². The first kappa shape index (κ1) is 13.5. The van der Waals surface area contributed by atoms with E-state index in [0.717, 1.165) is 12.0 Å². The Hall–Kier alpha value is -0.980. The van der Waals surface area contributed by atoms with Gasteiger partial charge in [0.2, 0.25) is 0 Å². The zero-order valence-corrected chi connectivity index (χ0v) is 11.9. The Morgan fingerprint density at radius 3 is 2.67 bits per heavy atom. The zero-order valence-electron chi connectivity index (χ0n) is 11.9. The summed E-state index contributed by atoms with van der Waals surface area (Å²) in [5.41, 5.74) is 1.42. The van der Waals surface area contributed by atoms with E-state index in [0.29, 0.717) is 0 Å². The van der Waals surface area contributed by atoms with Crippen LogP contribution < -0.4 is 4.90 Å². The van der Waals surface area contributed by atoms with Crippen LogP contribution in [0, 0.1) is 5.92 Å². The van der Waals surface area contributed by atoms with Gasteiger partial charge in [-0.15, -0.1) is 0 Å². The number of anilines is 1. The van der Waals surface area contributed by atoms with Crippen LogP contribution in [-0.2, 0) is 0 Å². The highest BCUT2D eigenvalue weighted by Crippen LogP contribution is 2.30. The van der Waals surface area contributed by atoms with Crippen LogP contribution in [0.15, 0.2) is 30.3 Å². The minimum absolute atomic E-state index is 0.766. The molecule has 1 fully saturated rings. The smallest absolute Gasteiger partial charge is 0.0368 e. The number of hydrogen-bond acceptors (Lipinski definition) is 1. The molecule has 0 saturated carbocycles. The van der Waals surface area contributed by atoms with E-state index in [-0.39, 0.29) is 0 Å². The highest BCUT2D eigenvalue weighted by molar-refractivity contribution is 5.47. The first-order chi connectivity index (χ1) is 8.81. The number of benzene rings is 1. The Balaban J connectivity index is 2.01. The summed E-state index contributed by atoms with van der Waals surface area (Å²) in [6.45, 7) is 5.94. The van der Waals surface area contributed by atoms with E-state index in [2.05, 4.69) is 49.1 Å². The SMILES string of the molecule is CCCCCC1CC(C)CCN1c1ccccc1. The molecule has 1 nitrogen and oxygen atoms in total. The van der Waals surface area contributed by atoms with E-state index in [4.69, 9.17) is 0 Å². The fourth-order valence-electron chi connectivity index (χ4n) is 3.11. The van der Waals surface area contributed by atoms with Crippen molar-refractivity contribution in [2.24, 2.45) is 5.92 Å². The van der Waals surface area contributed by atoms with Crippen LogP contribution in [0.5, 0.6) is 0 Å². The number of nitrogens with zero attached hydrogens (tertiary/aromatic N) is 1. The molecule has 0 spiro atoms. The van der Waals surface area contributed by atoms with Crippen LogP contribution in [0.1, 0.15) is 52.4 Å². The average Bonchev–Trinajstić information content (AvgIpc) is 2.40. The van der Waals surface area contributed by atoms with E-state index >= 15 is 0 Å². The van der Waals surface area contributed by atoms with Gasteiger partial charge in [-0.3, -0.25) is 0 Å². The van der Waals surface area contributed by atoms with Crippen molar-refractivity contribution in [1.29, 1.82) is 0 Å². The third-order valence-electron chi connectivity index (χ3n) is 4.21. The Kier molecular flexibility index (Phi) is 5.10. The summed E-state index contributed by atoms with van der Waals surface area (Å²) < 4.78 is 0. The van der Waals surface area contributed by atoms with Gasteiger partial charge in [0.25, 0.3) is 0 Å². The van der Waals surface area contributed by atoms with E-state index in [9.17, 15) is 0 Å². The maximum Gasteiger partial charge on any atom is 0.0368 e. The summed E-state index contributed by atoms with van der Waals surface area (Å²) in [5, 5.41) is 0. The van der Waals surface area contributed by atoms with E-state index in [1.54, 1.807) is 0 Å². The molecular formula is C17H27N. The zero-order chi connectivity index (χ0) is 12.8. The number of rotatable bonds is 5. The van der Waals surface area contributed by atoms with Crippen LogP contribution in [0.25, 0.3) is 0 Å². The van der Waals surface area contributed by atoms with Crippen molar-refractivity contribution < 1.29 is 0 Å². The number of hydrogen-bond donors (Lipinski definition) is 0. The number of para-hydroxylation sites is 1. The van der Waals surface area contributed by atoms with E-state index in [1.165, 1.54) is 50.8 Å². The maximum absolute atomic E-state index is 2.65. The van der Waals surface area contributed by atoms with Gasteiger partial charge in [-0.2, -0.15) is 0 Å². The topological polar surface area (TPSA) is 3.24 Å². The second-order valence-electron chi connectivity index (χ2n) is 5.81. The molecule has 1 aliphatic heterocycles. The second-order valence-corrected chi connectivity index (χ2v) is 5.81. The normalized spacial score (nSPS) is 24.2. The highest BCUT2D eigenvalue weighted by atomic mass is 15.2. The monoisotopic (exact) mass is 245 g/mol. The summed E-state index contributed by atoms with van der Waals surface area (Å²) in [4.78, 5) is 2.65. The molecule has 2 atom stereocenters. The second kappa shape index (κ2) is 6.82. The van der Waals surface area contributed by atoms with Gasteiger partial charge < -0.3 is 4.90 Å². The lowest BCUT2D eigenvalue weighted by Crippen LogP contribution is -2.42. The summed E-state index contributed by atoms with van der Waals surface area (Å²) in [5.74, 6) is 0.900. The Bertz CT molecular complexity index is 333. The summed E-state index contributed by atoms with van der Waals surface area (Å²) >= 11 is 0. The minimum Gasteiger partial charge on any atom is -0.369 e. The molecule has 0 bridgehead atoms. The molecule has 1 aromatic carbocycles. The van der Waals surface area contributed by atoms with Crippen molar-refractivity contribution in [2.75, 3.05) is 11.4 Å². The fourth-order valence-corrected chi connectivity index (χ4v) is 3.11. The summed E-state index contributed by atoms with van der Waals surface area (Å²) in [7, 11) is 0. The van der Waals surface area contributed by atoms with Gasteiger partial charge in [-0.25, -0.2) is 0 Å². The van der Waals surface area contributed by atoms with Gasteiger partial charge in [0.15, 0.2) is 0 Å². The predicted molar refractivity (Wildman–Crippen MR) is 80.1 cm³/mol. The molecule has 0 N–H and O–H groups in total. The Morgan fingerprint density at radius 1 is 1.17 bits per heavy atom. The predicted octanol–water partition coefficient (Wildman–Crippen LogP) is 4.87. The third kappa shape index (κ3) is 3.51. The molecule has 1 aromatic rings. The summed E-state index contributed by atoms with van der Waals surface area (Å²) in [6.07, 6.45) is 8.18. The van der Waals surface area contributed by atoms with Crippen molar-refractivity contribution in [2.45, 2.75) is 58.4 Å². The number of unbranched alkanes of at least 4 members (excludes halogenated alkanes) is 2. The van der Waals surface area contributed by atoms with Gasteiger partial charge in [-0.1, -0.05) is 51.3 Å². The van der Waals surface area contributed by atoms with E-state index in [1.807, 2.05) is 0 Å². The van der Waals surface area contributed by atoms with Crippen LogP contribution in [0.2, 0.25) is 0 Å². The molecule has 0 aliphatic carbocycles. The highest BCUT2D eigenvalue weighted by Gasteiger charge is 2.25. The quantitative estimate of drug-likeness (QED) is 0.669. The fraction of sp³-hybridized carbons (Fsp3) is 0.647. The standard InChI is InChI=1S/C17H27N/c1-3-4-6-11-17-14-15(2)12-13-18(17)16-9-7-5-8-10-16/h5,7-10,15,17H,3-4,6,11-14H2,1-2H3.